The first kappa shape index (κ1) is 26.9. The van der Waals surface area contributed by atoms with Crippen molar-refractivity contribution in [2.45, 2.75) is 17.1 Å². The molecule has 0 saturated carbocycles. The zero-order chi connectivity index (χ0) is 26.9. The van der Waals surface area contributed by atoms with Gasteiger partial charge in [-0.2, -0.15) is 0 Å². The van der Waals surface area contributed by atoms with Crippen LogP contribution in [-0.2, 0) is 4.79 Å². The number of ether oxygens (including phenoxy) is 1. The van der Waals surface area contributed by atoms with Crippen LogP contribution in [0, 0.1) is 0 Å². The third kappa shape index (κ3) is 7.21. The van der Waals surface area contributed by atoms with Crippen molar-refractivity contribution in [3.63, 3.8) is 0 Å². The number of para-hydroxylation sites is 2. The van der Waals surface area contributed by atoms with Crippen molar-refractivity contribution in [1.29, 1.82) is 0 Å². The lowest BCUT2D eigenvalue weighted by Gasteiger charge is -2.18. The van der Waals surface area contributed by atoms with Crippen LogP contribution in [0.4, 0.5) is 17.1 Å². The van der Waals surface area contributed by atoms with E-state index in [-0.39, 0.29) is 11.7 Å². The van der Waals surface area contributed by atoms with Gasteiger partial charge in [-0.1, -0.05) is 48.5 Å². The Bertz CT molecular complexity index is 1430. The number of thiocarbonyl (C=S) groups is 1. The smallest absolute Gasteiger partial charge is 0.242 e. The summed E-state index contributed by atoms with van der Waals surface area (Å²) in [7, 11) is 1.61. The molecule has 0 aliphatic rings. The highest BCUT2D eigenvalue weighted by molar-refractivity contribution is 8.00. The van der Waals surface area contributed by atoms with E-state index in [1.165, 1.54) is 18.7 Å². The molecule has 4 aromatic carbocycles. The SMILES string of the molecule is COc1ccccc1NC(=S)Nc1cccc(SC(C(=O)Nc2ccc(C(C)=O)cc2)c2ccccc2)c1. The summed E-state index contributed by atoms with van der Waals surface area (Å²) in [6, 6.07) is 31.8. The van der Waals surface area contributed by atoms with Crippen LogP contribution < -0.4 is 20.7 Å². The van der Waals surface area contributed by atoms with E-state index in [9.17, 15) is 9.59 Å². The monoisotopic (exact) mass is 541 g/mol. The fourth-order valence-electron chi connectivity index (χ4n) is 3.71. The molecule has 0 fully saturated rings. The van der Waals surface area contributed by atoms with E-state index in [0.717, 1.165) is 21.8 Å². The van der Waals surface area contributed by atoms with Gasteiger partial charge in [0.1, 0.15) is 11.0 Å². The predicted molar refractivity (Wildman–Crippen MR) is 159 cm³/mol. The first-order valence-corrected chi connectivity index (χ1v) is 13.2. The summed E-state index contributed by atoms with van der Waals surface area (Å²) in [5.74, 6) is 0.503. The molecule has 0 saturated heterocycles. The first-order chi connectivity index (χ1) is 18.4. The second-order valence-corrected chi connectivity index (χ2v) is 9.93. The van der Waals surface area contributed by atoms with Crippen molar-refractivity contribution in [3.05, 3.63) is 114 Å². The Labute approximate surface area is 231 Å². The molecule has 0 aliphatic heterocycles. The minimum Gasteiger partial charge on any atom is -0.495 e. The standard InChI is InChI=1S/C30H27N3O3S2/c1-20(34)21-15-17-23(18-16-21)31-29(35)28(22-9-4-3-5-10-22)38-25-12-8-11-24(19-25)32-30(37)33-26-13-6-7-14-27(26)36-2/h3-19,28H,1-2H3,(H,31,35)(H2,32,33,37). The maximum atomic E-state index is 13.4. The maximum absolute atomic E-state index is 13.4. The Morgan fingerprint density at radius 1 is 0.789 bits per heavy atom. The molecule has 1 atom stereocenters. The molecule has 38 heavy (non-hydrogen) atoms. The van der Waals surface area contributed by atoms with Crippen LogP contribution in [0.1, 0.15) is 28.1 Å². The quantitative estimate of drug-likeness (QED) is 0.118. The highest BCUT2D eigenvalue weighted by Crippen LogP contribution is 2.37. The highest BCUT2D eigenvalue weighted by atomic mass is 32.2. The molecule has 6 nitrogen and oxygen atoms in total. The summed E-state index contributed by atoms with van der Waals surface area (Å²) in [6.45, 7) is 1.51. The number of thioether (sulfide) groups is 1. The van der Waals surface area contributed by atoms with E-state index in [0.29, 0.717) is 22.1 Å². The van der Waals surface area contributed by atoms with Gasteiger partial charge in [0.05, 0.1) is 12.8 Å². The molecule has 4 aromatic rings. The summed E-state index contributed by atoms with van der Waals surface area (Å²) >= 11 is 6.94. The van der Waals surface area contributed by atoms with Gasteiger partial charge in [-0.15, -0.1) is 11.8 Å². The van der Waals surface area contributed by atoms with Crippen molar-refractivity contribution in [2.24, 2.45) is 0 Å². The minimum atomic E-state index is -0.502. The van der Waals surface area contributed by atoms with E-state index < -0.39 is 5.25 Å². The number of methoxy groups -OCH3 is 1. The summed E-state index contributed by atoms with van der Waals surface area (Å²) in [4.78, 5) is 25.9. The van der Waals surface area contributed by atoms with E-state index in [4.69, 9.17) is 17.0 Å². The second kappa shape index (κ2) is 12.9. The summed E-state index contributed by atoms with van der Waals surface area (Å²) < 4.78 is 5.38. The molecular formula is C30H27N3O3S2. The molecule has 4 rings (SSSR count). The second-order valence-electron chi connectivity index (χ2n) is 8.34. The molecule has 3 N–H and O–H groups in total. The van der Waals surface area contributed by atoms with Gasteiger partial charge >= 0.3 is 0 Å². The summed E-state index contributed by atoms with van der Waals surface area (Å²) in [5.41, 5.74) is 3.65. The summed E-state index contributed by atoms with van der Waals surface area (Å²) in [6.07, 6.45) is 0. The fraction of sp³-hybridized carbons (Fsp3) is 0.100. The van der Waals surface area contributed by atoms with Gasteiger partial charge in [0.15, 0.2) is 10.9 Å². The number of amides is 1. The molecule has 0 radical (unpaired) electrons. The van der Waals surface area contributed by atoms with Crippen LogP contribution in [0.25, 0.3) is 0 Å². The predicted octanol–water partition coefficient (Wildman–Crippen LogP) is 7.18. The molecule has 8 heteroatoms. The van der Waals surface area contributed by atoms with Gasteiger partial charge in [0, 0.05) is 21.8 Å². The zero-order valence-corrected chi connectivity index (χ0v) is 22.6. The van der Waals surface area contributed by atoms with Gasteiger partial charge in [0.25, 0.3) is 0 Å². The van der Waals surface area contributed by atoms with Crippen LogP contribution in [0.3, 0.4) is 0 Å². The van der Waals surface area contributed by atoms with Crippen molar-refractivity contribution >= 4 is 57.8 Å². The Kier molecular flexibility index (Phi) is 9.13. The number of benzene rings is 4. The lowest BCUT2D eigenvalue weighted by molar-refractivity contribution is -0.115. The lowest BCUT2D eigenvalue weighted by Crippen LogP contribution is -2.20. The number of carbonyl (C=O) groups excluding carboxylic acids is 2. The van der Waals surface area contributed by atoms with E-state index in [1.807, 2.05) is 78.9 Å². The average Bonchev–Trinajstić information content (AvgIpc) is 2.93. The van der Waals surface area contributed by atoms with E-state index >= 15 is 0 Å². The van der Waals surface area contributed by atoms with Crippen molar-refractivity contribution in [3.8, 4) is 5.75 Å². The van der Waals surface area contributed by atoms with Gasteiger partial charge in [-0.25, -0.2) is 0 Å². The summed E-state index contributed by atoms with van der Waals surface area (Å²) in [5, 5.41) is 9.26. The molecule has 1 unspecified atom stereocenters. The third-order valence-corrected chi connectivity index (χ3v) is 7.05. The first-order valence-electron chi connectivity index (χ1n) is 11.9. The molecule has 1 amide bonds. The molecule has 0 aliphatic carbocycles. The molecule has 0 bridgehead atoms. The number of hydrogen-bond donors (Lipinski definition) is 3. The Morgan fingerprint density at radius 3 is 2.21 bits per heavy atom. The van der Waals surface area contributed by atoms with Gasteiger partial charge < -0.3 is 20.7 Å². The number of hydrogen-bond acceptors (Lipinski definition) is 5. The fourth-order valence-corrected chi connectivity index (χ4v) is 5.02. The van der Waals surface area contributed by atoms with Gasteiger partial charge in [-0.3, -0.25) is 9.59 Å². The number of ketones is 1. The number of Topliss-reactive ketones (excluding diaryl/α,β-unsaturated/α-hetero) is 1. The number of rotatable bonds is 9. The number of nitrogens with one attached hydrogen (secondary N) is 3. The lowest BCUT2D eigenvalue weighted by atomic mass is 10.1. The molecular weight excluding hydrogens is 514 g/mol. The van der Waals surface area contributed by atoms with Crippen molar-refractivity contribution in [2.75, 3.05) is 23.1 Å². The van der Waals surface area contributed by atoms with Crippen LogP contribution in [0.2, 0.25) is 0 Å². The topological polar surface area (TPSA) is 79.5 Å². The average molecular weight is 542 g/mol. The van der Waals surface area contributed by atoms with Gasteiger partial charge in [-0.05, 0) is 79.3 Å². The highest BCUT2D eigenvalue weighted by Gasteiger charge is 2.22. The zero-order valence-electron chi connectivity index (χ0n) is 20.9. The largest absolute Gasteiger partial charge is 0.495 e. The third-order valence-electron chi connectivity index (χ3n) is 5.60. The van der Waals surface area contributed by atoms with Crippen molar-refractivity contribution in [1.82, 2.24) is 0 Å². The van der Waals surface area contributed by atoms with E-state index in [1.54, 1.807) is 31.4 Å². The maximum Gasteiger partial charge on any atom is 0.242 e. The van der Waals surface area contributed by atoms with E-state index in [2.05, 4.69) is 16.0 Å². The molecule has 0 aromatic heterocycles. The van der Waals surface area contributed by atoms with Crippen LogP contribution in [0.5, 0.6) is 5.75 Å². The van der Waals surface area contributed by atoms with Crippen LogP contribution >= 0.6 is 24.0 Å². The molecule has 0 heterocycles. The number of anilines is 3. The normalized spacial score (nSPS) is 11.2. The number of carbonyl (C=O) groups is 2. The van der Waals surface area contributed by atoms with Crippen LogP contribution in [0.15, 0.2) is 108 Å². The molecule has 0 spiro atoms. The minimum absolute atomic E-state index is 0.0216. The Balaban J connectivity index is 1.49. The Hall–Kier alpha value is -4.14. The van der Waals surface area contributed by atoms with Crippen molar-refractivity contribution < 1.29 is 14.3 Å². The Morgan fingerprint density at radius 2 is 1.50 bits per heavy atom. The molecule has 192 valence electrons. The van der Waals surface area contributed by atoms with Crippen LogP contribution in [-0.4, -0.2) is 23.9 Å². The van der Waals surface area contributed by atoms with Gasteiger partial charge in [0.2, 0.25) is 5.91 Å².